The molecule has 0 radical (unpaired) electrons. The molecule has 1 aromatic carbocycles. The highest BCUT2D eigenvalue weighted by Gasteiger charge is 2.44. The minimum absolute atomic E-state index is 0.180. The molecule has 0 aromatic heterocycles. The molecule has 0 saturated carbocycles. The lowest BCUT2D eigenvalue weighted by Gasteiger charge is -1.96. The van der Waals surface area contributed by atoms with Gasteiger partial charge in [0.2, 0.25) is 0 Å². The molecule has 1 aromatic rings. The summed E-state index contributed by atoms with van der Waals surface area (Å²) < 4.78 is 5.59. The molecule has 2 aliphatic heterocycles. The number of hydrogen-bond donors (Lipinski definition) is 1. The molecule has 1 N–H and O–H groups in total. The Kier molecular flexibility index (Phi) is 1.77. The van der Waals surface area contributed by atoms with Crippen molar-refractivity contribution in [1.29, 1.82) is 0 Å². The zero-order valence-electron chi connectivity index (χ0n) is 7.81. The van der Waals surface area contributed by atoms with Crippen molar-refractivity contribution < 1.29 is 4.74 Å². The Morgan fingerprint density at radius 1 is 1.21 bits per heavy atom. The van der Waals surface area contributed by atoms with Crippen molar-refractivity contribution in [2.45, 2.75) is 12.2 Å². The minimum atomic E-state index is 0.180. The van der Waals surface area contributed by atoms with E-state index in [1.807, 2.05) is 18.2 Å². The van der Waals surface area contributed by atoms with Gasteiger partial charge < -0.3 is 10.1 Å². The molecule has 2 heterocycles. The van der Waals surface area contributed by atoms with Crippen LogP contribution in [-0.2, 0) is 4.74 Å². The van der Waals surface area contributed by atoms with Gasteiger partial charge in [-0.25, -0.2) is 0 Å². The second-order valence-corrected chi connectivity index (χ2v) is 3.58. The van der Waals surface area contributed by atoms with Crippen LogP contribution >= 0.6 is 0 Å². The van der Waals surface area contributed by atoms with Gasteiger partial charge in [0.05, 0.1) is 6.54 Å². The zero-order valence-corrected chi connectivity index (χ0v) is 7.81. The van der Waals surface area contributed by atoms with Gasteiger partial charge in [0.15, 0.2) is 0 Å². The Balaban J connectivity index is 1.74. The monoisotopic (exact) mass is 188 g/mol. The largest absolute Gasteiger partial charge is 0.370 e. The van der Waals surface area contributed by atoms with Crippen LogP contribution in [0.3, 0.4) is 0 Å². The Morgan fingerprint density at radius 3 is 2.79 bits per heavy atom. The number of aliphatic imine (C=N–C) groups is 1. The van der Waals surface area contributed by atoms with Crippen molar-refractivity contribution in [2.75, 3.05) is 13.1 Å². The zero-order chi connectivity index (χ0) is 9.38. The van der Waals surface area contributed by atoms with Gasteiger partial charge in [-0.3, -0.25) is 4.99 Å². The van der Waals surface area contributed by atoms with Crippen molar-refractivity contribution >= 4 is 5.84 Å². The first-order chi connectivity index (χ1) is 6.95. The third-order valence-electron chi connectivity index (χ3n) is 2.59. The number of nitrogens with zero attached hydrogens (tertiary/aromatic N) is 1. The van der Waals surface area contributed by atoms with Crippen LogP contribution in [0.2, 0.25) is 0 Å². The summed E-state index contributed by atoms with van der Waals surface area (Å²) >= 11 is 0. The summed E-state index contributed by atoms with van der Waals surface area (Å²) in [6.45, 7) is 1.84. The topological polar surface area (TPSA) is 36.9 Å². The number of benzene rings is 1. The molecule has 72 valence electrons. The Morgan fingerprint density at radius 2 is 2.07 bits per heavy atom. The van der Waals surface area contributed by atoms with E-state index < -0.39 is 0 Å². The molecule has 3 nitrogen and oxygen atoms in total. The van der Waals surface area contributed by atoms with E-state index in [1.54, 1.807) is 0 Å². The van der Waals surface area contributed by atoms with Crippen LogP contribution in [0.15, 0.2) is 35.3 Å². The predicted molar refractivity (Wildman–Crippen MR) is 54.4 cm³/mol. The molecule has 3 heteroatoms. The molecule has 0 amide bonds. The van der Waals surface area contributed by atoms with E-state index in [1.165, 1.54) is 5.56 Å². The van der Waals surface area contributed by atoms with E-state index in [9.17, 15) is 0 Å². The van der Waals surface area contributed by atoms with Crippen LogP contribution in [0.5, 0.6) is 0 Å². The summed E-state index contributed by atoms with van der Waals surface area (Å²) in [6, 6.07) is 10.3. The maximum Gasteiger partial charge on any atom is 0.146 e. The minimum Gasteiger partial charge on any atom is -0.370 e. The van der Waals surface area contributed by atoms with Crippen LogP contribution in [0.4, 0.5) is 0 Å². The number of nitrogens with one attached hydrogen (secondary N) is 1. The number of epoxide rings is 1. The third kappa shape index (κ3) is 1.30. The molecule has 0 unspecified atom stereocenters. The van der Waals surface area contributed by atoms with E-state index in [-0.39, 0.29) is 12.2 Å². The normalized spacial score (nSPS) is 29.6. The van der Waals surface area contributed by atoms with Crippen molar-refractivity contribution in [3.05, 3.63) is 35.9 Å². The molecular formula is C11H12N2O. The number of amidine groups is 1. The van der Waals surface area contributed by atoms with Gasteiger partial charge in [-0.2, -0.15) is 0 Å². The fourth-order valence-corrected chi connectivity index (χ4v) is 1.82. The molecule has 14 heavy (non-hydrogen) atoms. The first-order valence-corrected chi connectivity index (χ1v) is 4.94. The van der Waals surface area contributed by atoms with Crippen LogP contribution in [-0.4, -0.2) is 25.0 Å². The average Bonchev–Trinajstić information content (AvgIpc) is 2.87. The van der Waals surface area contributed by atoms with Crippen molar-refractivity contribution in [2.24, 2.45) is 4.99 Å². The molecular weight excluding hydrogens is 176 g/mol. The standard InChI is InChI=1S/C11H12N2O/c1-2-4-8(5-3-1)9-10(14-9)11-12-6-7-13-11/h1-5,9-10H,6-7H2,(H,12,13)/t9-,10+/m0/s1. The fraction of sp³-hybridized carbons (Fsp3) is 0.364. The lowest BCUT2D eigenvalue weighted by atomic mass is 10.1. The average molecular weight is 188 g/mol. The summed E-state index contributed by atoms with van der Waals surface area (Å²) in [5, 5.41) is 3.24. The van der Waals surface area contributed by atoms with Gasteiger partial charge in [0, 0.05) is 6.54 Å². The first kappa shape index (κ1) is 8.00. The maximum absolute atomic E-state index is 5.59. The van der Waals surface area contributed by atoms with Crippen molar-refractivity contribution in [3.8, 4) is 0 Å². The lowest BCUT2D eigenvalue weighted by molar-refractivity contribution is 0.398. The van der Waals surface area contributed by atoms with Crippen LogP contribution in [0.25, 0.3) is 0 Å². The predicted octanol–water partition coefficient (Wildman–Crippen LogP) is 1.13. The van der Waals surface area contributed by atoms with Gasteiger partial charge in [-0.15, -0.1) is 0 Å². The Labute approximate surface area is 82.8 Å². The highest BCUT2D eigenvalue weighted by Crippen LogP contribution is 2.39. The lowest BCUT2D eigenvalue weighted by Crippen LogP contribution is -2.23. The Hall–Kier alpha value is -1.35. The number of rotatable bonds is 2. The SMILES string of the molecule is c1ccc([C@@H]2O[C@H]2C2=NCCN2)cc1. The summed E-state index contributed by atoms with van der Waals surface area (Å²) in [5.74, 6) is 1.03. The molecule has 0 spiro atoms. The molecule has 1 fully saturated rings. The van der Waals surface area contributed by atoms with E-state index in [0.717, 1.165) is 18.9 Å². The summed E-state index contributed by atoms with van der Waals surface area (Å²) in [6.07, 6.45) is 0.403. The Bertz CT molecular complexity index is 361. The van der Waals surface area contributed by atoms with E-state index >= 15 is 0 Å². The second-order valence-electron chi connectivity index (χ2n) is 3.58. The van der Waals surface area contributed by atoms with Crippen LogP contribution in [0, 0.1) is 0 Å². The van der Waals surface area contributed by atoms with Gasteiger partial charge >= 0.3 is 0 Å². The molecule has 2 atom stereocenters. The third-order valence-corrected chi connectivity index (χ3v) is 2.59. The molecule has 3 rings (SSSR count). The smallest absolute Gasteiger partial charge is 0.146 e. The second kappa shape index (κ2) is 3.10. The van der Waals surface area contributed by atoms with Gasteiger partial charge in [-0.05, 0) is 5.56 Å². The highest BCUT2D eigenvalue weighted by molar-refractivity contribution is 5.90. The first-order valence-electron chi connectivity index (χ1n) is 4.94. The van der Waals surface area contributed by atoms with Gasteiger partial charge in [0.25, 0.3) is 0 Å². The van der Waals surface area contributed by atoms with Gasteiger partial charge in [-0.1, -0.05) is 30.3 Å². The van der Waals surface area contributed by atoms with E-state index in [4.69, 9.17) is 4.74 Å². The van der Waals surface area contributed by atoms with E-state index in [2.05, 4.69) is 22.4 Å². The van der Waals surface area contributed by atoms with Crippen LogP contribution < -0.4 is 5.32 Å². The molecule has 0 bridgehead atoms. The molecule has 2 aliphatic rings. The molecule has 1 saturated heterocycles. The quantitative estimate of drug-likeness (QED) is 0.706. The van der Waals surface area contributed by atoms with Gasteiger partial charge in [0.1, 0.15) is 18.0 Å². The maximum atomic E-state index is 5.59. The van der Waals surface area contributed by atoms with Crippen molar-refractivity contribution in [3.63, 3.8) is 0 Å². The summed E-state index contributed by atoms with van der Waals surface area (Å²) in [7, 11) is 0. The number of hydrogen-bond acceptors (Lipinski definition) is 3. The number of ether oxygens (including phenoxy) is 1. The summed E-state index contributed by atoms with van der Waals surface area (Å²) in [5.41, 5.74) is 1.24. The fourth-order valence-electron chi connectivity index (χ4n) is 1.82. The van der Waals surface area contributed by atoms with Crippen molar-refractivity contribution in [1.82, 2.24) is 5.32 Å². The molecule has 0 aliphatic carbocycles. The van der Waals surface area contributed by atoms with Crippen LogP contribution in [0.1, 0.15) is 11.7 Å². The summed E-state index contributed by atoms with van der Waals surface area (Å²) in [4.78, 5) is 4.35. The highest BCUT2D eigenvalue weighted by atomic mass is 16.6. The van der Waals surface area contributed by atoms with E-state index in [0.29, 0.717) is 0 Å².